The van der Waals surface area contributed by atoms with Crippen LogP contribution in [-0.4, -0.2) is 25.3 Å². The van der Waals surface area contributed by atoms with Gasteiger partial charge in [0.05, 0.1) is 4.75 Å². The first kappa shape index (κ1) is 12.4. The van der Waals surface area contributed by atoms with Gasteiger partial charge < -0.3 is 5.11 Å². The van der Waals surface area contributed by atoms with E-state index in [0.717, 1.165) is 11.2 Å². The molecule has 0 saturated carbocycles. The van der Waals surface area contributed by atoms with Gasteiger partial charge in [0.15, 0.2) is 0 Å². The van der Waals surface area contributed by atoms with Crippen molar-refractivity contribution in [3.05, 3.63) is 12.2 Å². The van der Waals surface area contributed by atoms with Crippen molar-refractivity contribution in [2.45, 2.75) is 66.1 Å². The van der Waals surface area contributed by atoms with E-state index >= 15 is 0 Å². The Labute approximate surface area is 113 Å². The minimum absolute atomic E-state index is 0.203. The normalized spacial score (nSPS) is 45.6. The molecule has 4 unspecified atom stereocenters. The molecule has 3 rings (SSSR count). The number of fused-ring (bicyclic) bond motifs is 3. The number of unbranched alkanes of at least 4 members (excludes halogenated alkanes) is 2. The minimum Gasteiger partial charge on any atom is -0.374 e. The lowest BCUT2D eigenvalue weighted by Crippen LogP contribution is -2.33. The lowest BCUT2D eigenvalue weighted by molar-refractivity contribution is 0.176. The SMILES string of the molecule is CC(C)CCCCCC12SC1(O)C=CC1SC12. The molecule has 0 radical (unpaired) electrons. The third-order valence-electron chi connectivity index (χ3n) is 4.23. The molecule has 0 spiro atoms. The molecule has 2 heterocycles. The molecule has 3 heteroatoms. The van der Waals surface area contributed by atoms with Gasteiger partial charge in [-0.1, -0.05) is 45.6 Å². The summed E-state index contributed by atoms with van der Waals surface area (Å²) in [6.45, 7) is 4.59. The van der Waals surface area contributed by atoms with Crippen LogP contribution in [0.5, 0.6) is 0 Å². The Morgan fingerprint density at radius 1 is 1.29 bits per heavy atom. The van der Waals surface area contributed by atoms with Gasteiger partial charge in [-0.3, -0.25) is 0 Å². The fourth-order valence-electron chi connectivity index (χ4n) is 3.05. The van der Waals surface area contributed by atoms with Crippen LogP contribution in [0.15, 0.2) is 12.2 Å². The predicted octanol–water partition coefficient (Wildman–Crippen LogP) is 3.82. The van der Waals surface area contributed by atoms with Gasteiger partial charge in [0.2, 0.25) is 0 Å². The maximum Gasteiger partial charge on any atom is 0.145 e. The molecule has 1 N–H and O–H groups in total. The molecule has 2 fully saturated rings. The van der Waals surface area contributed by atoms with Crippen LogP contribution in [0.3, 0.4) is 0 Å². The lowest BCUT2D eigenvalue weighted by Gasteiger charge is -2.19. The zero-order valence-electron chi connectivity index (χ0n) is 10.7. The Balaban J connectivity index is 1.46. The van der Waals surface area contributed by atoms with Gasteiger partial charge in [-0.15, -0.1) is 23.5 Å². The van der Waals surface area contributed by atoms with Crippen molar-refractivity contribution in [3.63, 3.8) is 0 Å². The van der Waals surface area contributed by atoms with Crippen LogP contribution in [0.2, 0.25) is 0 Å². The van der Waals surface area contributed by atoms with Gasteiger partial charge >= 0.3 is 0 Å². The topological polar surface area (TPSA) is 20.2 Å². The molecule has 0 aromatic carbocycles. The molecule has 17 heavy (non-hydrogen) atoms. The van der Waals surface area contributed by atoms with Crippen LogP contribution in [0.25, 0.3) is 0 Å². The van der Waals surface area contributed by atoms with Crippen LogP contribution in [0.1, 0.15) is 46.0 Å². The summed E-state index contributed by atoms with van der Waals surface area (Å²) in [6, 6.07) is 0. The van der Waals surface area contributed by atoms with Crippen molar-refractivity contribution in [2.75, 3.05) is 0 Å². The Hall–Kier alpha value is 0.400. The summed E-state index contributed by atoms with van der Waals surface area (Å²) in [6.07, 6.45) is 10.8. The zero-order chi connectivity index (χ0) is 12.1. The molecular formula is C14H22OS2. The Morgan fingerprint density at radius 3 is 2.88 bits per heavy atom. The zero-order valence-corrected chi connectivity index (χ0v) is 12.3. The number of aliphatic hydroxyl groups is 1. The Kier molecular flexibility index (Phi) is 3.08. The van der Waals surface area contributed by atoms with Crippen LogP contribution in [-0.2, 0) is 0 Å². The first-order valence-corrected chi connectivity index (χ1v) is 8.61. The molecule has 0 amide bonds. The van der Waals surface area contributed by atoms with Crippen molar-refractivity contribution in [3.8, 4) is 0 Å². The second-order valence-electron chi connectivity index (χ2n) is 6.06. The summed E-state index contributed by atoms with van der Waals surface area (Å²) in [4.78, 5) is -0.490. The summed E-state index contributed by atoms with van der Waals surface area (Å²) in [7, 11) is 0. The molecule has 0 bridgehead atoms. The maximum atomic E-state index is 10.4. The van der Waals surface area contributed by atoms with Gasteiger partial charge in [0.25, 0.3) is 0 Å². The number of rotatable bonds is 6. The Bertz CT molecular complexity index is 341. The van der Waals surface area contributed by atoms with Gasteiger partial charge in [0.1, 0.15) is 4.93 Å². The first-order valence-electron chi connectivity index (χ1n) is 6.85. The van der Waals surface area contributed by atoms with E-state index in [4.69, 9.17) is 0 Å². The van der Waals surface area contributed by atoms with E-state index in [-0.39, 0.29) is 4.75 Å². The molecule has 0 aromatic heterocycles. The fraction of sp³-hybridized carbons (Fsp3) is 0.857. The monoisotopic (exact) mass is 270 g/mol. The molecule has 96 valence electrons. The van der Waals surface area contributed by atoms with Crippen molar-refractivity contribution in [2.24, 2.45) is 5.92 Å². The second-order valence-corrected chi connectivity index (χ2v) is 8.94. The van der Waals surface area contributed by atoms with E-state index in [1.165, 1.54) is 32.1 Å². The smallest absolute Gasteiger partial charge is 0.145 e. The standard InChI is InChI=1S/C14H22OS2/c1-10(2)6-4-3-5-8-13-12-11(16-12)7-9-14(13,15)17-13/h7,9-12,15H,3-6,8H2,1-2H3. The van der Waals surface area contributed by atoms with Crippen LogP contribution in [0, 0.1) is 5.92 Å². The molecule has 4 atom stereocenters. The van der Waals surface area contributed by atoms with E-state index in [2.05, 4.69) is 26.0 Å². The van der Waals surface area contributed by atoms with Crippen LogP contribution >= 0.6 is 23.5 Å². The van der Waals surface area contributed by atoms with Gasteiger partial charge in [-0.05, 0) is 18.4 Å². The highest BCUT2D eigenvalue weighted by Crippen LogP contribution is 2.77. The molecule has 2 aliphatic heterocycles. The third-order valence-corrected chi connectivity index (χ3v) is 7.54. The summed E-state index contributed by atoms with van der Waals surface area (Å²) < 4.78 is 0.203. The van der Waals surface area contributed by atoms with E-state index in [1.807, 2.05) is 23.5 Å². The second kappa shape index (κ2) is 4.21. The number of hydrogen-bond donors (Lipinski definition) is 1. The highest BCUT2D eigenvalue weighted by molar-refractivity contribution is 8.14. The quantitative estimate of drug-likeness (QED) is 0.450. The minimum atomic E-state index is -0.490. The van der Waals surface area contributed by atoms with E-state index in [1.54, 1.807) is 0 Å². The highest BCUT2D eigenvalue weighted by Gasteiger charge is 2.77. The van der Waals surface area contributed by atoms with E-state index in [0.29, 0.717) is 5.25 Å². The third kappa shape index (κ3) is 2.08. The average Bonchev–Trinajstić information content (AvgIpc) is 3.10. The summed E-state index contributed by atoms with van der Waals surface area (Å²) in [5.74, 6) is 0.835. The van der Waals surface area contributed by atoms with Gasteiger partial charge in [0, 0.05) is 10.5 Å². The molecular weight excluding hydrogens is 248 g/mol. The van der Waals surface area contributed by atoms with Crippen molar-refractivity contribution in [1.29, 1.82) is 0 Å². The van der Waals surface area contributed by atoms with Crippen molar-refractivity contribution in [1.82, 2.24) is 0 Å². The van der Waals surface area contributed by atoms with Crippen LogP contribution in [0.4, 0.5) is 0 Å². The summed E-state index contributed by atoms with van der Waals surface area (Å²) in [5.41, 5.74) is 0. The van der Waals surface area contributed by atoms with E-state index < -0.39 is 4.93 Å². The van der Waals surface area contributed by atoms with Gasteiger partial charge in [-0.25, -0.2) is 0 Å². The fourth-order valence-corrected chi connectivity index (χ4v) is 6.24. The van der Waals surface area contributed by atoms with Crippen LogP contribution < -0.4 is 0 Å². The predicted molar refractivity (Wildman–Crippen MR) is 77.5 cm³/mol. The average molecular weight is 270 g/mol. The Morgan fingerprint density at radius 2 is 2.12 bits per heavy atom. The molecule has 3 aliphatic rings. The number of thioether (sulfide) groups is 2. The summed E-state index contributed by atoms with van der Waals surface area (Å²) >= 11 is 3.86. The van der Waals surface area contributed by atoms with Crippen molar-refractivity contribution < 1.29 is 5.11 Å². The van der Waals surface area contributed by atoms with Gasteiger partial charge in [-0.2, -0.15) is 0 Å². The number of hydrogen-bond acceptors (Lipinski definition) is 3. The summed E-state index contributed by atoms with van der Waals surface area (Å²) in [5, 5.41) is 11.8. The molecule has 1 aliphatic carbocycles. The largest absolute Gasteiger partial charge is 0.374 e. The first-order chi connectivity index (χ1) is 8.07. The van der Waals surface area contributed by atoms with Crippen molar-refractivity contribution >= 4 is 23.5 Å². The van der Waals surface area contributed by atoms with E-state index in [9.17, 15) is 5.11 Å². The lowest BCUT2D eigenvalue weighted by atomic mass is 9.87. The maximum absolute atomic E-state index is 10.4. The molecule has 1 nitrogen and oxygen atoms in total. The highest BCUT2D eigenvalue weighted by atomic mass is 32.2. The molecule has 0 aromatic rings. The molecule has 2 saturated heterocycles.